The standard InChI is InChI=1S/C20H24FN3O2/c1-3-6-19(25)24(14-16-8-10-17(21)11-9-16)15(2)20(26)23-13-18-7-4-5-12-22-18/h4-5,7-12,15H,3,6,13-14H2,1-2H3,(H,23,26). The van der Waals surface area contributed by atoms with Gasteiger partial charge in [0.25, 0.3) is 0 Å². The van der Waals surface area contributed by atoms with Crippen LogP contribution >= 0.6 is 0 Å². The second-order valence-electron chi connectivity index (χ2n) is 6.11. The molecule has 0 radical (unpaired) electrons. The quantitative estimate of drug-likeness (QED) is 0.790. The smallest absolute Gasteiger partial charge is 0.242 e. The second-order valence-corrected chi connectivity index (χ2v) is 6.11. The maximum absolute atomic E-state index is 13.1. The van der Waals surface area contributed by atoms with Gasteiger partial charge in [-0.25, -0.2) is 4.39 Å². The summed E-state index contributed by atoms with van der Waals surface area (Å²) >= 11 is 0. The van der Waals surface area contributed by atoms with Crippen LogP contribution in [0, 0.1) is 5.82 Å². The topological polar surface area (TPSA) is 62.3 Å². The number of benzene rings is 1. The van der Waals surface area contributed by atoms with Crippen molar-refractivity contribution in [2.75, 3.05) is 0 Å². The first kappa shape index (κ1) is 19.6. The number of amides is 2. The number of nitrogens with zero attached hydrogens (tertiary/aromatic N) is 2. The van der Waals surface area contributed by atoms with Crippen LogP contribution in [0.5, 0.6) is 0 Å². The summed E-state index contributed by atoms with van der Waals surface area (Å²) in [6.07, 6.45) is 2.72. The summed E-state index contributed by atoms with van der Waals surface area (Å²) in [6, 6.07) is 10.8. The Hall–Kier alpha value is -2.76. The van der Waals surface area contributed by atoms with Gasteiger partial charge in [-0.3, -0.25) is 14.6 Å². The highest BCUT2D eigenvalue weighted by molar-refractivity contribution is 5.87. The van der Waals surface area contributed by atoms with Crippen LogP contribution in [0.15, 0.2) is 48.7 Å². The van der Waals surface area contributed by atoms with Crippen molar-refractivity contribution >= 4 is 11.8 Å². The van der Waals surface area contributed by atoms with Gasteiger partial charge in [-0.15, -0.1) is 0 Å². The molecule has 1 aromatic heterocycles. The first-order valence-corrected chi connectivity index (χ1v) is 8.72. The molecule has 6 heteroatoms. The Morgan fingerprint density at radius 2 is 1.92 bits per heavy atom. The minimum absolute atomic E-state index is 0.0997. The van der Waals surface area contributed by atoms with Crippen molar-refractivity contribution in [3.05, 3.63) is 65.7 Å². The Labute approximate surface area is 153 Å². The second kappa shape index (κ2) is 9.65. The molecule has 0 aliphatic carbocycles. The third-order valence-corrected chi connectivity index (χ3v) is 4.07. The van der Waals surface area contributed by atoms with Crippen LogP contribution in [0.2, 0.25) is 0 Å². The average molecular weight is 357 g/mol. The monoisotopic (exact) mass is 357 g/mol. The molecule has 2 amide bonds. The van der Waals surface area contributed by atoms with E-state index in [0.717, 1.165) is 11.3 Å². The van der Waals surface area contributed by atoms with E-state index in [9.17, 15) is 14.0 Å². The molecule has 0 aliphatic rings. The number of pyridine rings is 1. The molecule has 0 saturated carbocycles. The van der Waals surface area contributed by atoms with E-state index >= 15 is 0 Å². The first-order valence-electron chi connectivity index (χ1n) is 8.72. The van der Waals surface area contributed by atoms with Crippen LogP contribution in [-0.2, 0) is 22.7 Å². The number of hydrogen-bond acceptors (Lipinski definition) is 3. The van der Waals surface area contributed by atoms with Crippen molar-refractivity contribution in [1.29, 1.82) is 0 Å². The molecule has 5 nitrogen and oxygen atoms in total. The maximum Gasteiger partial charge on any atom is 0.242 e. The molecule has 2 aromatic rings. The van der Waals surface area contributed by atoms with Crippen LogP contribution in [-0.4, -0.2) is 27.7 Å². The van der Waals surface area contributed by atoms with E-state index in [1.165, 1.54) is 17.0 Å². The van der Waals surface area contributed by atoms with Gasteiger partial charge < -0.3 is 10.2 Å². The number of carbonyl (C=O) groups is 2. The lowest BCUT2D eigenvalue weighted by atomic mass is 10.1. The Bertz CT molecular complexity index is 720. The lowest BCUT2D eigenvalue weighted by molar-refractivity contribution is -0.140. The van der Waals surface area contributed by atoms with Gasteiger partial charge >= 0.3 is 0 Å². The minimum atomic E-state index is -0.636. The van der Waals surface area contributed by atoms with Gasteiger partial charge in [0, 0.05) is 19.2 Å². The Kier molecular flexibility index (Phi) is 7.26. The van der Waals surface area contributed by atoms with Crippen molar-refractivity contribution in [3.63, 3.8) is 0 Å². The van der Waals surface area contributed by atoms with Crippen LogP contribution < -0.4 is 5.32 Å². The van der Waals surface area contributed by atoms with Gasteiger partial charge in [-0.1, -0.05) is 25.1 Å². The van der Waals surface area contributed by atoms with Crippen LogP contribution in [0.25, 0.3) is 0 Å². The summed E-state index contributed by atoms with van der Waals surface area (Å²) in [7, 11) is 0. The van der Waals surface area contributed by atoms with Gasteiger partial charge in [0.05, 0.1) is 12.2 Å². The van der Waals surface area contributed by atoms with Gasteiger partial charge in [0.1, 0.15) is 11.9 Å². The lowest BCUT2D eigenvalue weighted by Gasteiger charge is -2.28. The van der Waals surface area contributed by atoms with E-state index in [0.29, 0.717) is 19.4 Å². The summed E-state index contributed by atoms with van der Waals surface area (Å²) in [4.78, 5) is 30.7. The fourth-order valence-corrected chi connectivity index (χ4v) is 2.55. The van der Waals surface area contributed by atoms with Crippen LogP contribution in [0.3, 0.4) is 0 Å². The zero-order chi connectivity index (χ0) is 18.9. The molecule has 26 heavy (non-hydrogen) atoms. The minimum Gasteiger partial charge on any atom is -0.349 e. The van der Waals surface area contributed by atoms with E-state index in [4.69, 9.17) is 0 Å². The molecule has 138 valence electrons. The molecular formula is C20H24FN3O2. The fourth-order valence-electron chi connectivity index (χ4n) is 2.55. The maximum atomic E-state index is 13.1. The molecule has 1 unspecified atom stereocenters. The highest BCUT2D eigenvalue weighted by Gasteiger charge is 2.25. The number of hydrogen-bond donors (Lipinski definition) is 1. The van der Waals surface area contributed by atoms with Gasteiger partial charge in [0.15, 0.2) is 0 Å². The number of halogens is 1. The van der Waals surface area contributed by atoms with Crippen LogP contribution in [0.1, 0.15) is 37.9 Å². The molecule has 0 spiro atoms. The largest absolute Gasteiger partial charge is 0.349 e. The molecule has 0 bridgehead atoms. The summed E-state index contributed by atoms with van der Waals surface area (Å²) in [6.45, 7) is 4.18. The van der Waals surface area contributed by atoms with Crippen molar-refractivity contribution in [1.82, 2.24) is 15.2 Å². The van der Waals surface area contributed by atoms with E-state index in [1.807, 2.05) is 25.1 Å². The Morgan fingerprint density at radius 1 is 1.19 bits per heavy atom. The third kappa shape index (κ3) is 5.65. The fraction of sp³-hybridized carbons (Fsp3) is 0.350. The van der Waals surface area contributed by atoms with Gasteiger partial charge in [0.2, 0.25) is 11.8 Å². The van der Waals surface area contributed by atoms with Crippen molar-refractivity contribution in [2.45, 2.75) is 45.8 Å². The molecular weight excluding hydrogens is 333 g/mol. The van der Waals surface area contributed by atoms with E-state index in [-0.39, 0.29) is 24.2 Å². The lowest BCUT2D eigenvalue weighted by Crippen LogP contribution is -2.47. The molecule has 1 heterocycles. The zero-order valence-electron chi connectivity index (χ0n) is 15.1. The van der Waals surface area contributed by atoms with E-state index < -0.39 is 6.04 Å². The van der Waals surface area contributed by atoms with Gasteiger partial charge in [-0.05, 0) is 43.2 Å². The first-order chi connectivity index (χ1) is 12.5. The highest BCUT2D eigenvalue weighted by Crippen LogP contribution is 2.12. The summed E-state index contributed by atoms with van der Waals surface area (Å²) in [5.74, 6) is -0.680. The van der Waals surface area contributed by atoms with E-state index in [2.05, 4.69) is 10.3 Å². The van der Waals surface area contributed by atoms with Crippen molar-refractivity contribution in [2.24, 2.45) is 0 Å². The van der Waals surface area contributed by atoms with E-state index in [1.54, 1.807) is 25.3 Å². The normalized spacial score (nSPS) is 11.7. The summed E-state index contributed by atoms with van der Waals surface area (Å²) < 4.78 is 13.1. The summed E-state index contributed by atoms with van der Waals surface area (Å²) in [5, 5.41) is 2.82. The number of aromatic nitrogens is 1. The van der Waals surface area contributed by atoms with Crippen molar-refractivity contribution < 1.29 is 14.0 Å². The molecule has 1 atom stereocenters. The molecule has 0 fully saturated rings. The van der Waals surface area contributed by atoms with Crippen LogP contribution in [0.4, 0.5) is 4.39 Å². The Balaban J connectivity index is 2.05. The Morgan fingerprint density at radius 3 is 2.54 bits per heavy atom. The average Bonchev–Trinajstić information content (AvgIpc) is 2.66. The predicted octanol–water partition coefficient (Wildman–Crippen LogP) is 3.05. The number of carbonyl (C=O) groups excluding carboxylic acids is 2. The predicted molar refractivity (Wildman–Crippen MR) is 97.4 cm³/mol. The van der Waals surface area contributed by atoms with Crippen molar-refractivity contribution in [3.8, 4) is 0 Å². The molecule has 2 rings (SSSR count). The SMILES string of the molecule is CCCC(=O)N(Cc1ccc(F)cc1)C(C)C(=O)NCc1ccccn1. The highest BCUT2D eigenvalue weighted by atomic mass is 19.1. The molecule has 0 aliphatic heterocycles. The molecule has 1 N–H and O–H groups in total. The van der Waals surface area contributed by atoms with Gasteiger partial charge in [-0.2, -0.15) is 0 Å². The zero-order valence-corrected chi connectivity index (χ0v) is 15.1. The number of nitrogens with one attached hydrogen (secondary N) is 1. The molecule has 0 saturated heterocycles. The summed E-state index contributed by atoms with van der Waals surface area (Å²) in [5.41, 5.74) is 1.53. The number of rotatable bonds is 8. The molecule has 1 aromatic carbocycles. The third-order valence-electron chi connectivity index (χ3n) is 4.07.